The van der Waals surface area contributed by atoms with Crippen LogP contribution >= 0.6 is 0 Å². The van der Waals surface area contributed by atoms with Gasteiger partial charge in [-0.25, -0.2) is 13.1 Å². The molecule has 1 rings (SSSR count). The second-order valence-corrected chi connectivity index (χ2v) is 5.08. The molecule has 1 N–H and O–H groups in total. The van der Waals surface area contributed by atoms with Crippen molar-refractivity contribution in [3.63, 3.8) is 0 Å². The number of hydrogen-bond donors (Lipinski definition) is 1. The highest BCUT2D eigenvalue weighted by atomic mass is 32.2. The average Bonchev–Trinajstić information content (AvgIpc) is 2.48. The largest absolute Gasteiger partial charge is 0.465 e. The minimum atomic E-state index is -3.13. The van der Waals surface area contributed by atoms with Crippen LogP contribution in [0.25, 0.3) is 0 Å². The first-order valence-corrected chi connectivity index (χ1v) is 6.21. The van der Waals surface area contributed by atoms with Crippen LogP contribution in [0.3, 0.4) is 0 Å². The van der Waals surface area contributed by atoms with Gasteiger partial charge in [0.1, 0.15) is 11.5 Å². The maximum absolute atomic E-state index is 11.3. The fraction of sp³-hybridized carbons (Fsp3) is 0.556. The van der Waals surface area contributed by atoms with Crippen molar-refractivity contribution in [3.05, 3.63) is 23.7 Å². The summed E-state index contributed by atoms with van der Waals surface area (Å²) in [6.45, 7) is 3.89. The van der Waals surface area contributed by atoms with Gasteiger partial charge in [0.05, 0.1) is 12.3 Å². The van der Waals surface area contributed by atoms with E-state index in [1.165, 1.54) is 0 Å². The Kier molecular flexibility index (Phi) is 3.71. The Hall–Kier alpha value is -0.810. The third-order valence-corrected chi connectivity index (χ3v) is 3.27. The van der Waals surface area contributed by atoms with Gasteiger partial charge in [0.15, 0.2) is 0 Å². The summed E-state index contributed by atoms with van der Waals surface area (Å²) in [5.41, 5.74) is 0. The first-order chi connectivity index (χ1) is 6.53. The summed E-state index contributed by atoms with van der Waals surface area (Å²) in [7, 11) is -3.13. The summed E-state index contributed by atoms with van der Waals surface area (Å²) >= 11 is 0. The summed E-state index contributed by atoms with van der Waals surface area (Å²) in [4.78, 5) is 0. The maximum atomic E-state index is 11.3. The molecular formula is C9H15NO3S. The molecule has 4 nitrogen and oxygen atoms in total. The van der Waals surface area contributed by atoms with Crippen molar-refractivity contribution < 1.29 is 12.8 Å². The second-order valence-electron chi connectivity index (χ2n) is 3.15. The van der Waals surface area contributed by atoms with E-state index in [1.807, 2.05) is 19.9 Å². The minimum absolute atomic E-state index is 0.159. The Morgan fingerprint density at radius 3 is 2.64 bits per heavy atom. The van der Waals surface area contributed by atoms with Crippen LogP contribution < -0.4 is 4.72 Å². The minimum Gasteiger partial charge on any atom is -0.465 e. The van der Waals surface area contributed by atoms with E-state index in [-0.39, 0.29) is 12.3 Å². The van der Waals surface area contributed by atoms with Crippen LogP contribution in [0.15, 0.2) is 16.5 Å². The van der Waals surface area contributed by atoms with Crippen molar-refractivity contribution in [1.82, 2.24) is 4.72 Å². The fourth-order valence-corrected chi connectivity index (χ4v) is 2.15. The SMILES string of the molecule is CCCS(=O)(=O)NCc1ccc(C)o1. The summed E-state index contributed by atoms with van der Waals surface area (Å²) in [5, 5.41) is 0. The third-order valence-electron chi connectivity index (χ3n) is 1.74. The molecule has 14 heavy (non-hydrogen) atoms. The highest BCUT2D eigenvalue weighted by molar-refractivity contribution is 7.89. The van der Waals surface area contributed by atoms with Crippen molar-refractivity contribution in [2.45, 2.75) is 26.8 Å². The lowest BCUT2D eigenvalue weighted by Gasteiger charge is -2.02. The number of nitrogens with one attached hydrogen (secondary N) is 1. The second kappa shape index (κ2) is 4.61. The van der Waals surface area contributed by atoms with E-state index >= 15 is 0 Å². The predicted octanol–water partition coefficient (Wildman–Crippen LogP) is 1.42. The van der Waals surface area contributed by atoms with Gasteiger partial charge in [-0.05, 0) is 25.5 Å². The van der Waals surface area contributed by atoms with Crippen LogP contribution in [0.2, 0.25) is 0 Å². The molecule has 5 heteroatoms. The van der Waals surface area contributed by atoms with Crippen LogP contribution in [0.4, 0.5) is 0 Å². The van der Waals surface area contributed by atoms with Gasteiger partial charge in [-0.3, -0.25) is 0 Å². The quantitative estimate of drug-likeness (QED) is 0.811. The van der Waals surface area contributed by atoms with E-state index in [0.717, 1.165) is 5.76 Å². The van der Waals surface area contributed by atoms with E-state index in [0.29, 0.717) is 12.2 Å². The fourth-order valence-electron chi connectivity index (χ4n) is 1.10. The molecule has 0 atom stereocenters. The van der Waals surface area contributed by atoms with E-state index in [2.05, 4.69) is 4.72 Å². The number of aryl methyl sites for hydroxylation is 1. The molecule has 0 fully saturated rings. The Morgan fingerprint density at radius 1 is 1.43 bits per heavy atom. The van der Waals surface area contributed by atoms with E-state index in [4.69, 9.17) is 4.42 Å². The number of rotatable bonds is 5. The van der Waals surface area contributed by atoms with Gasteiger partial charge in [0, 0.05) is 0 Å². The molecule has 0 spiro atoms. The lowest BCUT2D eigenvalue weighted by molar-refractivity contribution is 0.475. The molecule has 0 aliphatic carbocycles. The maximum Gasteiger partial charge on any atom is 0.211 e. The summed E-state index contributed by atoms with van der Waals surface area (Å²) in [6, 6.07) is 3.58. The highest BCUT2D eigenvalue weighted by Crippen LogP contribution is 2.06. The zero-order chi connectivity index (χ0) is 10.6. The van der Waals surface area contributed by atoms with Crippen LogP contribution in [0, 0.1) is 6.92 Å². The zero-order valence-corrected chi connectivity index (χ0v) is 9.23. The van der Waals surface area contributed by atoms with Gasteiger partial charge >= 0.3 is 0 Å². The third kappa shape index (κ3) is 3.51. The van der Waals surface area contributed by atoms with Crippen molar-refractivity contribution in [2.75, 3.05) is 5.75 Å². The molecule has 0 unspecified atom stereocenters. The molecule has 0 amide bonds. The summed E-state index contributed by atoms with van der Waals surface area (Å²) in [6.07, 6.45) is 0.618. The molecule has 80 valence electrons. The molecule has 0 radical (unpaired) electrons. The lowest BCUT2D eigenvalue weighted by atomic mass is 10.4. The molecule has 1 heterocycles. The molecule has 0 aliphatic rings. The van der Waals surface area contributed by atoms with Crippen LogP contribution in [-0.2, 0) is 16.6 Å². The van der Waals surface area contributed by atoms with Crippen molar-refractivity contribution >= 4 is 10.0 Å². The van der Waals surface area contributed by atoms with Gasteiger partial charge in [-0.2, -0.15) is 0 Å². The molecule has 1 aromatic rings. The molecule has 1 aromatic heterocycles. The first kappa shape index (κ1) is 11.3. The Labute approximate surface area is 84.4 Å². The Balaban J connectivity index is 2.48. The lowest BCUT2D eigenvalue weighted by Crippen LogP contribution is -2.25. The van der Waals surface area contributed by atoms with E-state index in [1.54, 1.807) is 6.07 Å². The van der Waals surface area contributed by atoms with Crippen molar-refractivity contribution in [2.24, 2.45) is 0 Å². The molecule has 0 aromatic carbocycles. The molecule has 0 saturated carbocycles. The average molecular weight is 217 g/mol. The van der Waals surface area contributed by atoms with Gasteiger partial charge in [-0.15, -0.1) is 0 Å². The predicted molar refractivity (Wildman–Crippen MR) is 54.4 cm³/mol. The van der Waals surface area contributed by atoms with Crippen molar-refractivity contribution in [1.29, 1.82) is 0 Å². The summed E-state index contributed by atoms with van der Waals surface area (Å²) < 4.78 is 30.2. The Bertz CT molecular complexity index is 381. The van der Waals surface area contributed by atoms with Crippen molar-refractivity contribution in [3.8, 4) is 0 Å². The van der Waals surface area contributed by atoms with Gasteiger partial charge in [0.2, 0.25) is 10.0 Å². The highest BCUT2D eigenvalue weighted by Gasteiger charge is 2.08. The van der Waals surface area contributed by atoms with E-state index in [9.17, 15) is 8.42 Å². The molecule has 0 bridgehead atoms. The first-order valence-electron chi connectivity index (χ1n) is 4.56. The van der Waals surface area contributed by atoms with Gasteiger partial charge in [0.25, 0.3) is 0 Å². The molecule has 0 aliphatic heterocycles. The standard InChI is InChI=1S/C9H15NO3S/c1-3-6-14(11,12)10-7-9-5-4-8(2)13-9/h4-5,10H,3,6-7H2,1-2H3. The zero-order valence-electron chi connectivity index (χ0n) is 8.41. The van der Waals surface area contributed by atoms with Gasteiger partial charge in [-0.1, -0.05) is 6.92 Å². The van der Waals surface area contributed by atoms with Crippen LogP contribution in [-0.4, -0.2) is 14.2 Å². The monoisotopic (exact) mass is 217 g/mol. The van der Waals surface area contributed by atoms with E-state index < -0.39 is 10.0 Å². The Morgan fingerprint density at radius 2 is 2.14 bits per heavy atom. The van der Waals surface area contributed by atoms with Crippen LogP contribution in [0.5, 0.6) is 0 Å². The molecule has 0 saturated heterocycles. The number of hydrogen-bond acceptors (Lipinski definition) is 3. The normalized spacial score (nSPS) is 11.9. The molecular weight excluding hydrogens is 202 g/mol. The number of sulfonamides is 1. The van der Waals surface area contributed by atoms with Gasteiger partial charge < -0.3 is 4.42 Å². The van der Waals surface area contributed by atoms with Crippen LogP contribution in [0.1, 0.15) is 24.9 Å². The number of furan rings is 1. The summed E-state index contributed by atoms with van der Waals surface area (Å²) in [5.74, 6) is 1.59. The topological polar surface area (TPSA) is 59.3 Å². The smallest absolute Gasteiger partial charge is 0.211 e.